The van der Waals surface area contributed by atoms with Gasteiger partial charge in [0.25, 0.3) is 0 Å². The summed E-state index contributed by atoms with van der Waals surface area (Å²) in [5.74, 6) is -0.244. The van der Waals surface area contributed by atoms with Crippen molar-refractivity contribution in [2.24, 2.45) is 0 Å². The van der Waals surface area contributed by atoms with Gasteiger partial charge in [0.15, 0.2) is 12.0 Å². The Bertz CT molecular complexity index is 166. The fourth-order valence-corrected chi connectivity index (χ4v) is 0.869. The van der Waals surface area contributed by atoms with Gasteiger partial charge in [0.05, 0.1) is 13.2 Å². The fourth-order valence-electron chi connectivity index (χ4n) is 0.290. The van der Waals surface area contributed by atoms with E-state index in [-0.39, 0.29) is 19.0 Å². The second-order valence-corrected chi connectivity index (χ2v) is 2.50. The highest BCUT2D eigenvalue weighted by atomic mass is 31.1. The highest BCUT2D eigenvalue weighted by molar-refractivity contribution is 7.33. The lowest BCUT2D eigenvalue weighted by molar-refractivity contribution is -0.106. The third-order valence-electron chi connectivity index (χ3n) is 0.657. The number of aliphatic hydroxyl groups is 1. The Hall–Kier alpha value is -0.640. The van der Waals surface area contributed by atoms with E-state index in [0.29, 0.717) is 6.29 Å². The molecular weight excluding hydrogens is 171 g/mol. The molecule has 1 N–H and O–H groups in total. The molecule has 0 aromatic heterocycles. The minimum atomic E-state index is -2.70. The number of allylic oxidation sites excluding steroid dienone is 1. The first-order valence-electron chi connectivity index (χ1n) is 2.80. The van der Waals surface area contributed by atoms with Crippen molar-refractivity contribution in [2.75, 3.05) is 13.2 Å². The summed E-state index contributed by atoms with van der Waals surface area (Å²) < 4.78 is 19.4. The molecule has 0 aromatic carbocycles. The molecule has 1 atom stereocenters. The molecule has 0 aliphatic heterocycles. The predicted octanol–water partition coefficient (Wildman–Crippen LogP) is 0.114. The van der Waals surface area contributed by atoms with Crippen LogP contribution in [-0.2, 0) is 18.4 Å². The van der Waals surface area contributed by atoms with Gasteiger partial charge >= 0.3 is 8.25 Å². The zero-order valence-electron chi connectivity index (χ0n) is 5.78. The van der Waals surface area contributed by atoms with Crippen LogP contribution in [0.1, 0.15) is 0 Å². The molecule has 64 valence electrons. The lowest BCUT2D eigenvalue weighted by Gasteiger charge is -2.02. The van der Waals surface area contributed by atoms with Crippen molar-refractivity contribution in [2.45, 2.75) is 0 Å². The Morgan fingerprint density at radius 2 is 2.36 bits per heavy atom. The first kappa shape index (κ1) is 10.4. The van der Waals surface area contributed by atoms with Crippen molar-refractivity contribution < 1.29 is 23.5 Å². The Morgan fingerprint density at radius 1 is 1.73 bits per heavy atom. The van der Waals surface area contributed by atoms with Crippen LogP contribution in [0.3, 0.4) is 0 Å². The van der Waals surface area contributed by atoms with Gasteiger partial charge < -0.3 is 9.63 Å². The summed E-state index contributed by atoms with van der Waals surface area (Å²) >= 11 is 0. The Balaban J connectivity index is 3.52. The summed E-state index contributed by atoms with van der Waals surface area (Å²) in [4.78, 5) is 9.86. The van der Waals surface area contributed by atoms with E-state index >= 15 is 0 Å². The Labute approximate surface area is 64.6 Å². The van der Waals surface area contributed by atoms with Crippen LogP contribution in [0.2, 0.25) is 0 Å². The van der Waals surface area contributed by atoms with E-state index in [2.05, 4.69) is 15.6 Å². The van der Waals surface area contributed by atoms with Crippen molar-refractivity contribution in [3.8, 4) is 0 Å². The molecular formula is C5H9O5P. The molecule has 0 amide bonds. The van der Waals surface area contributed by atoms with Crippen LogP contribution >= 0.6 is 8.25 Å². The number of carbonyl (C=O) groups excluding carboxylic acids is 1. The summed E-state index contributed by atoms with van der Waals surface area (Å²) in [5, 5.41) is 8.21. The Kier molecular flexibility index (Phi) is 5.74. The number of carbonyl (C=O) groups is 1. The lowest BCUT2D eigenvalue weighted by Crippen LogP contribution is -1.93. The highest BCUT2D eigenvalue weighted by Gasteiger charge is 2.00. The number of hydrogen-bond donors (Lipinski definition) is 1. The average Bonchev–Trinajstić information content (AvgIpc) is 2.00. The Morgan fingerprint density at radius 3 is 2.82 bits per heavy atom. The predicted molar refractivity (Wildman–Crippen MR) is 38.3 cm³/mol. The molecule has 0 saturated heterocycles. The number of hydrogen-bond acceptors (Lipinski definition) is 5. The maximum Gasteiger partial charge on any atom is 0.367 e. The van der Waals surface area contributed by atoms with E-state index in [4.69, 9.17) is 5.11 Å². The smallest absolute Gasteiger partial charge is 0.367 e. The first-order valence-corrected chi connectivity index (χ1v) is 4.02. The van der Waals surface area contributed by atoms with E-state index in [1.54, 1.807) is 0 Å². The second-order valence-electron chi connectivity index (χ2n) is 1.51. The van der Waals surface area contributed by atoms with Gasteiger partial charge in [-0.15, -0.1) is 0 Å². The summed E-state index contributed by atoms with van der Waals surface area (Å²) in [7, 11) is -2.70. The standard InChI is InChI=1S/C5H9O5P/c1-5(4-7)10-11(8)9-3-2-6/h4,6,11H,1-3H2. The van der Waals surface area contributed by atoms with Gasteiger partial charge in [-0.25, -0.2) is 4.57 Å². The quantitative estimate of drug-likeness (QED) is 0.272. The molecule has 1 unspecified atom stereocenters. The summed E-state index contributed by atoms with van der Waals surface area (Å²) in [6.45, 7) is 2.79. The van der Waals surface area contributed by atoms with Gasteiger partial charge in [0, 0.05) is 0 Å². The van der Waals surface area contributed by atoms with Gasteiger partial charge in [-0.1, -0.05) is 6.58 Å². The van der Waals surface area contributed by atoms with Gasteiger partial charge in [-0.05, 0) is 0 Å². The van der Waals surface area contributed by atoms with Gasteiger partial charge in [0.1, 0.15) is 0 Å². The minimum absolute atomic E-state index is 0.0794. The number of aldehydes is 1. The molecule has 0 radical (unpaired) electrons. The second kappa shape index (κ2) is 6.09. The van der Waals surface area contributed by atoms with Crippen molar-refractivity contribution >= 4 is 14.5 Å². The molecule has 6 heteroatoms. The average molecular weight is 180 g/mol. The molecule has 0 spiro atoms. The van der Waals surface area contributed by atoms with Crippen LogP contribution in [0, 0.1) is 0 Å². The number of rotatable bonds is 6. The van der Waals surface area contributed by atoms with Crippen molar-refractivity contribution in [1.82, 2.24) is 0 Å². The normalized spacial score (nSPS) is 12.1. The molecule has 0 aliphatic rings. The molecule has 0 bridgehead atoms. The van der Waals surface area contributed by atoms with Crippen LogP contribution in [0.4, 0.5) is 0 Å². The van der Waals surface area contributed by atoms with Crippen LogP contribution in [-0.4, -0.2) is 24.6 Å². The summed E-state index contributed by atoms with van der Waals surface area (Å²) in [6.07, 6.45) is 0.324. The van der Waals surface area contributed by atoms with Crippen molar-refractivity contribution in [1.29, 1.82) is 0 Å². The maximum atomic E-state index is 10.6. The molecule has 0 saturated carbocycles. The molecule has 0 fully saturated rings. The maximum absolute atomic E-state index is 10.6. The van der Waals surface area contributed by atoms with E-state index in [1.807, 2.05) is 0 Å². The van der Waals surface area contributed by atoms with E-state index in [0.717, 1.165) is 0 Å². The largest absolute Gasteiger partial charge is 0.423 e. The molecule has 5 nitrogen and oxygen atoms in total. The van der Waals surface area contributed by atoms with E-state index < -0.39 is 8.25 Å². The highest BCUT2D eigenvalue weighted by Crippen LogP contribution is 2.25. The van der Waals surface area contributed by atoms with Crippen molar-refractivity contribution in [3.63, 3.8) is 0 Å². The molecule has 0 aliphatic carbocycles. The SMILES string of the molecule is C=C(C=O)O[PH](=O)OCCO. The van der Waals surface area contributed by atoms with E-state index in [1.165, 1.54) is 0 Å². The summed E-state index contributed by atoms with van der Waals surface area (Å²) in [5.41, 5.74) is 0. The molecule has 0 aromatic rings. The fraction of sp³-hybridized carbons (Fsp3) is 0.400. The summed E-state index contributed by atoms with van der Waals surface area (Å²) in [6, 6.07) is 0. The van der Waals surface area contributed by atoms with Crippen LogP contribution < -0.4 is 0 Å². The monoisotopic (exact) mass is 180 g/mol. The number of aliphatic hydroxyl groups excluding tert-OH is 1. The minimum Gasteiger partial charge on any atom is -0.423 e. The van der Waals surface area contributed by atoms with Crippen molar-refractivity contribution in [3.05, 3.63) is 12.3 Å². The third-order valence-corrected chi connectivity index (χ3v) is 1.53. The topological polar surface area (TPSA) is 72.8 Å². The van der Waals surface area contributed by atoms with Crippen LogP contribution in [0.25, 0.3) is 0 Å². The van der Waals surface area contributed by atoms with Crippen LogP contribution in [0.5, 0.6) is 0 Å². The van der Waals surface area contributed by atoms with Crippen LogP contribution in [0.15, 0.2) is 12.3 Å². The zero-order valence-corrected chi connectivity index (χ0v) is 6.78. The van der Waals surface area contributed by atoms with E-state index in [9.17, 15) is 9.36 Å². The molecule has 0 rings (SSSR count). The molecule has 11 heavy (non-hydrogen) atoms. The molecule has 0 heterocycles. The first-order chi connectivity index (χ1) is 5.20. The van der Waals surface area contributed by atoms with Gasteiger partial charge in [-0.3, -0.25) is 9.32 Å². The van der Waals surface area contributed by atoms with Gasteiger partial charge in [0.2, 0.25) is 0 Å². The zero-order chi connectivity index (χ0) is 8.69. The van der Waals surface area contributed by atoms with Gasteiger partial charge in [-0.2, -0.15) is 0 Å². The third kappa shape index (κ3) is 5.79. The lowest BCUT2D eigenvalue weighted by atomic mass is 10.7.